The van der Waals surface area contributed by atoms with E-state index in [1.165, 1.54) is 0 Å². The summed E-state index contributed by atoms with van der Waals surface area (Å²) < 4.78 is 5.41. The maximum Gasteiger partial charge on any atom is 0.159 e. The predicted octanol–water partition coefficient (Wildman–Crippen LogP) is 1.20. The first-order valence-electron chi connectivity index (χ1n) is 7.28. The number of hydrogen-bond donors (Lipinski definition) is 0. The number of ether oxygens (including phenoxy) is 1. The molecule has 2 fully saturated rings. The number of carbonyl (C=O) groups is 1. The molecular formula is C15H21N3O2. The minimum atomic E-state index is 0.0950. The Bertz CT molecular complexity index is 486. The van der Waals surface area contributed by atoms with Crippen molar-refractivity contribution in [2.45, 2.75) is 19.4 Å². The number of anilines is 1. The van der Waals surface area contributed by atoms with Gasteiger partial charge in [-0.1, -0.05) is 0 Å². The number of hydrogen-bond acceptors (Lipinski definition) is 5. The summed E-state index contributed by atoms with van der Waals surface area (Å²) in [4.78, 5) is 20.7. The average molecular weight is 275 g/mol. The molecule has 0 amide bonds. The number of nitrogens with zero attached hydrogens (tertiary/aromatic N) is 3. The van der Waals surface area contributed by atoms with Gasteiger partial charge in [0, 0.05) is 44.0 Å². The fourth-order valence-electron chi connectivity index (χ4n) is 3.00. The van der Waals surface area contributed by atoms with Crippen molar-refractivity contribution in [1.82, 2.24) is 9.88 Å². The Balaban J connectivity index is 1.67. The number of carbonyl (C=O) groups excluding carboxylic acids is 1. The van der Waals surface area contributed by atoms with E-state index in [4.69, 9.17) is 4.74 Å². The van der Waals surface area contributed by atoms with Gasteiger partial charge in [0.05, 0.1) is 13.2 Å². The SMILES string of the molecule is CC(=O)c1ccnc(N2CCC(N3CCOCC3)C2)c1. The quantitative estimate of drug-likeness (QED) is 0.776. The Labute approximate surface area is 119 Å². The third-order valence-electron chi connectivity index (χ3n) is 4.20. The maximum absolute atomic E-state index is 11.5. The molecule has 0 bridgehead atoms. The summed E-state index contributed by atoms with van der Waals surface area (Å²) >= 11 is 0. The van der Waals surface area contributed by atoms with E-state index in [9.17, 15) is 4.79 Å². The van der Waals surface area contributed by atoms with Gasteiger partial charge >= 0.3 is 0 Å². The van der Waals surface area contributed by atoms with Crippen molar-refractivity contribution in [1.29, 1.82) is 0 Å². The number of pyridine rings is 1. The molecule has 2 saturated heterocycles. The molecule has 0 spiro atoms. The van der Waals surface area contributed by atoms with Crippen molar-refractivity contribution in [2.24, 2.45) is 0 Å². The molecule has 108 valence electrons. The van der Waals surface area contributed by atoms with Gasteiger partial charge in [0.1, 0.15) is 5.82 Å². The fraction of sp³-hybridized carbons (Fsp3) is 0.600. The van der Waals surface area contributed by atoms with Gasteiger partial charge in [-0.05, 0) is 25.5 Å². The molecular weight excluding hydrogens is 254 g/mol. The van der Waals surface area contributed by atoms with Crippen LogP contribution in [0.4, 0.5) is 5.82 Å². The first kappa shape index (κ1) is 13.5. The minimum absolute atomic E-state index is 0.0950. The Morgan fingerprint density at radius 2 is 2.15 bits per heavy atom. The molecule has 3 heterocycles. The zero-order valence-corrected chi connectivity index (χ0v) is 11.9. The van der Waals surface area contributed by atoms with E-state index >= 15 is 0 Å². The van der Waals surface area contributed by atoms with E-state index in [1.807, 2.05) is 6.07 Å². The highest BCUT2D eigenvalue weighted by Crippen LogP contribution is 2.22. The van der Waals surface area contributed by atoms with Crippen LogP contribution in [-0.2, 0) is 4.74 Å². The van der Waals surface area contributed by atoms with Crippen LogP contribution >= 0.6 is 0 Å². The molecule has 1 atom stereocenters. The Hall–Kier alpha value is -1.46. The van der Waals surface area contributed by atoms with Gasteiger partial charge in [-0.3, -0.25) is 9.69 Å². The van der Waals surface area contributed by atoms with E-state index in [0.29, 0.717) is 6.04 Å². The van der Waals surface area contributed by atoms with E-state index in [1.54, 1.807) is 19.2 Å². The lowest BCUT2D eigenvalue weighted by Crippen LogP contribution is -2.44. The van der Waals surface area contributed by atoms with Gasteiger partial charge in [0.25, 0.3) is 0 Å². The van der Waals surface area contributed by atoms with Gasteiger partial charge in [-0.15, -0.1) is 0 Å². The summed E-state index contributed by atoms with van der Waals surface area (Å²) in [5.41, 5.74) is 0.741. The highest BCUT2D eigenvalue weighted by Gasteiger charge is 2.29. The number of Topliss-reactive ketones (excluding diaryl/α,β-unsaturated/α-hetero) is 1. The fourth-order valence-corrected chi connectivity index (χ4v) is 3.00. The Morgan fingerprint density at radius 1 is 1.35 bits per heavy atom. The van der Waals surface area contributed by atoms with Crippen molar-refractivity contribution in [3.8, 4) is 0 Å². The second kappa shape index (κ2) is 5.89. The molecule has 0 aromatic carbocycles. The lowest BCUT2D eigenvalue weighted by molar-refractivity contribution is 0.0209. The molecule has 2 aliphatic heterocycles. The van der Waals surface area contributed by atoms with E-state index in [0.717, 1.165) is 57.2 Å². The lowest BCUT2D eigenvalue weighted by atomic mass is 10.2. The lowest BCUT2D eigenvalue weighted by Gasteiger charge is -2.32. The van der Waals surface area contributed by atoms with Crippen molar-refractivity contribution >= 4 is 11.6 Å². The molecule has 5 heteroatoms. The van der Waals surface area contributed by atoms with Gasteiger partial charge in [-0.25, -0.2) is 4.98 Å². The topological polar surface area (TPSA) is 45.7 Å². The van der Waals surface area contributed by atoms with Crippen LogP contribution in [0.2, 0.25) is 0 Å². The number of morpholine rings is 1. The molecule has 1 aromatic rings. The molecule has 3 rings (SSSR count). The second-order valence-corrected chi connectivity index (χ2v) is 5.50. The van der Waals surface area contributed by atoms with Crippen LogP contribution in [0.25, 0.3) is 0 Å². The number of ketones is 1. The highest BCUT2D eigenvalue weighted by atomic mass is 16.5. The monoisotopic (exact) mass is 275 g/mol. The van der Waals surface area contributed by atoms with Gasteiger partial charge < -0.3 is 9.64 Å². The van der Waals surface area contributed by atoms with E-state index < -0.39 is 0 Å². The summed E-state index contributed by atoms with van der Waals surface area (Å²) in [5, 5.41) is 0. The summed E-state index contributed by atoms with van der Waals surface area (Å²) in [6, 6.07) is 4.27. The van der Waals surface area contributed by atoms with Crippen LogP contribution in [0.1, 0.15) is 23.7 Å². The maximum atomic E-state index is 11.5. The zero-order valence-electron chi connectivity index (χ0n) is 11.9. The van der Waals surface area contributed by atoms with Crippen molar-refractivity contribution < 1.29 is 9.53 Å². The van der Waals surface area contributed by atoms with Crippen LogP contribution in [0, 0.1) is 0 Å². The zero-order chi connectivity index (χ0) is 13.9. The minimum Gasteiger partial charge on any atom is -0.379 e. The van der Waals surface area contributed by atoms with Gasteiger partial charge in [-0.2, -0.15) is 0 Å². The van der Waals surface area contributed by atoms with E-state index in [-0.39, 0.29) is 5.78 Å². The second-order valence-electron chi connectivity index (χ2n) is 5.50. The van der Waals surface area contributed by atoms with Crippen molar-refractivity contribution in [3.05, 3.63) is 23.9 Å². The molecule has 1 unspecified atom stereocenters. The Kier molecular flexibility index (Phi) is 3.98. The van der Waals surface area contributed by atoms with E-state index in [2.05, 4.69) is 14.8 Å². The molecule has 0 saturated carbocycles. The molecule has 0 N–H and O–H groups in total. The van der Waals surface area contributed by atoms with Gasteiger partial charge in [0.15, 0.2) is 5.78 Å². The van der Waals surface area contributed by atoms with Crippen LogP contribution in [0.15, 0.2) is 18.3 Å². The summed E-state index contributed by atoms with van der Waals surface area (Å²) in [6.07, 6.45) is 2.89. The van der Waals surface area contributed by atoms with Crippen LogP contribution in [0.5, 0.6) is 0 Å². The largest absolute Gasteiger partial charge is 0.379 e. The smallest absolute Gasteiger partial charge is 0.159 e. The summed E-state index contributed by atoms with van der Waals surface area (Å²) in [7, 11) is 0. The molecule has 0 aliphatic carbocycles. The predicted molar refractivity (Wildman–Crippen MR) is 77.3 cm³/mol. The van der Waals surface area contributed by atoms with Crippen molar-refractivity contribution in [2.75, 3.05) is 44.3 Å². The Morgan fingerprint density at radius 3 is 2.90 bits per heavy atom. The number of aromatic nitrogens is 1. The van der Waals surface area contributed by atoms with Crippen LogP contribution < -0.4 is 4.90 Å². The standard InChI is InChI=1S/C15H21N3O2/c1-12(19)13-2-4-16-15(10-13)18-5-3-14(11-18)17-6-8-20-9-7-17/h2,4,10,14H,3,5-9,11H2,1H3. The van der Waals surface area contributed by atoms with Crippen LogP contribution in [-0.4, -0.2) is 61.1 Å². The first-order valence-corrected chi connectivity index (χ1v) is 7.28. The van der Waals surface area contributed by atoms with Crippen LogP contribution in [0.3, 0.4) is 0 Å². The highest BCUT2D eigenvalue weighted by molar-refractivity contribution is 5.94. The normalized spacial score (nSPS) is 24.1. The molecule has 0 radical (unpaired) electrons. The van der Waals surface area contributed by atoms with Gasteiger partial charge in [0.2, 0.25) is 0 Å². The molecule has 1 aromatic heterocycles. The third kappa shape index (κ3) is 2.83. The first-order chi connectivity index (χ1) is 9.74. The summed E-state index contributed by atoms with van der Waals surface area (Å²) in [6.45, 7) is 7.34. The average Bonchev–Trinajstić information content (AvgIpc) is 2.98. The summed E-state index contributed by atoms with van der Waals surface area (Å²) in [5.74, 6) is 1.02. The number of rotatable bonds is 3. The molecule has 20 heavy (non-hydrogen) atoms. The third-order valence-corrected chi connectivity index (χ3v) is 4.20. The van der Waals surface area contributed by atoms with Crippen molar-refractivity contribution in [3.63, 3.8) is 0 Å². The molecule has 5 nitrogen and oxygen atoms in total. The molecule has 2 aliphatic rings.